The molecule has 0 aromatic carbocycles. The highest BCUT2D eigenvalue weighted by molar-refractivity contribution is 5.78. The van der Waals surface area contributed by atoms with E-state index in [-0.39, 0.29) is 17.4 Å². The first-order chi connectivity index (χ1) is 9.01. The molecule has 5 heteroatoms. The summed E-state index contributed by atoms with van der Waals surface area (Å²) in [4.78, 5) is 14.4. The van der Waals surface area contributed by atoms with Gasteiger partial charge in [-0.25, -0.2) is 0 Å². The van der Waals surface area contributed by atoms with Crippen molar-refractivity contribution in [1.82, 2.24) is 10.2 Å². The maximum absolute atomic E-state index is 12.1. The molecule has 0 radical (unpaired) electrons. The van der Waals surface area contributed by atoms with Crippen LogP contribution in [0.25, 0.3) is 0 Å². The Morgan fingerprint density at radius 3 is 2.58 bits per heavy atom. The molecule has 1 aliphatic heterocycles. The second-order valence-corrected chi connectivity index (χ2v) is 5.85. The van der Waals surface area contributed by atoms with Crippen LogP contribution in [-0.2, 0) is 9.53 Å². The summed E-state index contributed by atoms with van der Waals surface area (Å²) in [5.74, 6) is 0.0381. The number of morpholine rings is 1. The number of amides is 1. The van der Waals surface area contributed by atoms with Crippen molar-refractivity contribution in [2.75, 3.05) is 39.4 Å². The molecule has 1 heterocycles. The second-order valence-electron chi connectivity index (χ2n) is 5.85. The summed E-state index contributed by atoms with van der Waals surface area (Å²) in [6.07, 6.45) is 1.85. The molecule has 5 nitrogen and oxygen atoms in total. The molecule has 1 amide bonds. The van der Waals surface area contributed by atoms with Gasteiger partial charge in [0.25, 0.3) is 0 Å². The van der Waals surface area contributed by atoms with Gasteiger partial charge in [-0.3, -0.25) is 9.69 Å². The Labute approximate surface area is 116 Å². The van der Waals surface area contributed by atoms with Crippen molar-refractivity contribution >= 4 is 5.91 Å². The van der Waals surface area contributed by atoms with Crippen LogP contribution in [0.1, 0.15) is 33.6 Å². The van der Waals surface area contributed by atoms with E-state index < -0.39 is 0 Å². The number of nitrogens with two attached hydrogens (primary N) is 1. The van der Waals surface area contributed by atoms with E-state index in [9.17, 15) is 4.79 Å². The van der Waals surface area contributed by atoms with Crippen LogP contribution in [0.2, 0.25) is 0 Å². The molecule has 0 aromatic heterocycles. The van der Waals surface area contributed by atoms with Crippen molar-refractivity contribution in [1.29, 1.82) is 0 Å². The largest absolute Gasteiger partial charge is 0.379 e. The summed E-state index contributed by atoms with van der Waals surface area (Å²) in [6.45, 7) is 10.9. The van der Waals surface area contributed by atoms with Gasteiger partial charge < -0.3 is 15.8 Å². The first-order valence-electron chi connectivity index (χ1n) is 7.32. The van der Waals surface area contributed by atoms with Gasteiger partial charge in [0.15, 0.2) is 0 Å². The van der Waals surface area contributed by atoms with Crippen LogP contribution >= 0.6 is 0 Å². The van der Waals surface area contributed by atoms with Crippen molar-refractivity contribution in [2.45, 2.75) is 39.2 Å². The van der Waals surface area contributed by atoms with Gasteiger partial charge in [-0.05, 0) is 20.3 Å². The van der Waals surface area contributed by atoms with Gasteiger partial charge >= 0.3 is 0 Å². The maximum atomic E-state index is 12.1. The van der Waals surface area contributed by atoms with Gasteiger partial charge in [0, 0.05) is 31.7 Å². The van der Waals surface area contributed by atoms with E-state index in [4.69, 9.17) is 10.5 Å². The standard InChI is InChI=1S/C14H29N3O2/c1-4-5-12(10-15)13(18)16-11-14(2,3)17-6-8-19-9-7-17/h12H,4-11,15H2,1-3H3,(H,16,18). The zero-order valence-electron chi connectivity index (χ0n) is 12.6. The Morgan fingerprint density at radius 2 is 2.05 bits per heavy atom. The summed E-state index contributed by atoms with van der Waals surface area (Å²) >= 11 is 0. The smallest absolute Gasteiger partial charge is 0.224 e. The Bertz CT molecular complexity index is 276. The van der Waals surface area contributed by atoms with Gasteiger partial charge in [-0.1, -0.05) is 13.3 Å². The molecule has 19 heavy (non-hydrogen) atoms. The van der Waals surface area contributed by atoms with Crippen LogP contribution in [0.3, 0.4) is 0 Å². The fourth-order valence-corrected chi connectivity index (χ4v) is 2.43. The Hall–Kier alpha value is -0.650. The molecule has 1 rings (SSSR count). The van der Waals surface area contributed by atoms with Crippen molar-refractivity contribution in [3.05, 3.63) is 0 Å². The van der Waals surface area contributed by atoms with E-state index in [0.29, 0.717) is 13.1 Å². The van der Waals surface area contributed by atoms with Gasteiger partial charge in [0.2, 0.25) is 5.91 Å². The highest BCUT2D eigenvalue weighted by atomic mass is 16.5. The Balaban J connectivity index is 2.42. The minimum Gasteiger partial charge on any atom is -0.379 e. The highest BCUT2D eigenvalue weighted by Crippen LogP contribution is 2.15. The summed E-state index contributed by atoms with van der Waals surface area (Å²) in [5, 5.41) is 3.05. The minimum absolute atomic E-state index is 0.0369. The number of carbonyl (C=O) groups is 1. The van der Waals surface area contributed by atoms with E-state index in [2.05, 4.69) is 31.0 Å². The quantitative estimate of drug-likeness (QED) is 0.711. The van der Waals surface area contributed by atoms with Crippen LogP contribution in [0.5, 0.6) is 0 Å². The van der Waals surface area contributed by atoms with Gasteiger partial charge in [-0.2, -0.15) is 0 Å². The lowest BCUT2D eigenvalue weighted by Gasteiger charge is -2.41. The highest BCUT2D eigenvalue weighted by Gasteiger charge is 2.29. The number of hydrogen-bond acceptors (Lipinski definition) is 4. The molecule has 1 atom stereocenters. The van der Waals surface area contributed by atoms with E-state index in [1.807, 2.05) is 0 Å². The fraction of sp³-hybridized carbons (Fsp3) is 0.929. The van der Waals surface area contributed by atoms with Crippen molar-refractivity contribution < 1.29 is 9.53 Å². The number of carbonyl (C=O) groups excluding carboxylic acids is 1. The molecule has 0 saturated carbocycles. The van der Waals surface area contributed by atoms with Crippen LogP contribution in [-0.4, -0.2) is 55.7 Å². The molecule has 1 fully saturated rings. The van der Waals surface area contributed by atoms with Crippen molar-refractivity contribution in [3.63, 3.8) is 0 Å². The lowest BCUT2D eigenvalue weighted by molar-refractivity contribution is -0.125. The molecule has 0 aromatic rings. The molecule has 1 unspecified atom stereocenters. The van der Waals surface area contributed by atoms with Crippen LogP contribution in [0.4, 0.5) is 0 Å². The molecule has 0 bridgehead atoms. The normalized spacial score (nSPS) is 19.2. The third-order valence-corrected chi connectivity index (χ3v) is 3.85. The van der Waals surface area contributed by atoms with E-state index in [1.165, 1.54) is 0 Å². The third-order valence-electron chi connectivity index (χ3n) is 3.85. The van der Waals surface area contributed by atoms with Crippen molar-refractivity contribution in [2.24, 2.45) is 11.7 Å². The third kappa shape index (κ3) is 5.09. The molecular formula is C14H29N3O2. The predicted octanol–water partition coefficient (Wildman–Crippen LogP) is 0.588. The maximum Gasteiger partial charge on any atom is 0.224 e. The molecule has 0 aliphatic carbocycles. The number of ether oxygens (including phenoxy) is 1. The number of rotatable bonds is 7. The van der Waals surface area contributed by atoms with Crippen LogP contribution in [0.15, 0.2) is 0 Å². The SMILES string of the molecule is CCCC(CN)C(=O)NCC(C)(C)N1CCOCC1. The molecule has 112 valence electrons. The van der Waals surface area contributed by atoms with E-state index >= 15 is 0 Å². The lowest BCUT2D eigenvalue weighted by atomic mass is 9.99. The summed E-state index contributed by atoms with van der Waals surface area (Å²) < 4.78 is 5.36. The Morgan fingerprint density at radius 1 is 1.42 bits per heavy atom. The average Bonchev–Trinajstić information content (AvgIpc) is 2.43. The van der Waals surface area contributed by atoms with Crippen molar-refractivity contribution in [3.8, 4) is 0 Å². The first kappa shape index (κ1) is 16.4. The summed E-state index contributed by atoms with van der Waals surface area (Å²) in [5.41, 5.74) is 5.62. The lowest BCUT2D eigenvalue weighted by Crippen LogP contribution is -2.56. The molecular weight excluding hydrogens is 242 g/mol. The molecule has 1 aliphatic rings. The monoisotopic (exact) mass is 271 g/mol. The number of hydrogen-bond donors (Lipinski definition) is 2. The fourth-order valence-electron chi connectivity index (χ4n) is 2.43. The summed E-state index contributed by atoms with van der Waals surface area (Å²) in [6, 6.07) is 0. The number of nitrogens with zero attached hydrogens (tertiary/aromatic N) is 1. The first-order valence-corrected chi connectivity index (χ1v) is 7.32. The zero-order chi connectivity index (χ0) is 14.3. The number of nitrogens with one attached hydrogen (secondary N) is 1. The summed E-state index contributed by atoms with van der Waals surface area (Å²) in [7, 11) is 0. The second kappa shape index (κ2) is 7.82. The average molecular weight is 271 g/mol. The Kier molecular flexibility index (Phi) is 6.75. The van der Waals surface area contributed by atoms with Gasteiger partial charge in [0.1, 0.15) is 0 Å². The molecule has 3 N–H and O–H groups in total. The predicted molar refractivity (Wildman–Crippen MR) is 76.9 cm³/mol. The zero-order valence-corrected chi connectivity index (χ0v) is 12.6. The van der Waals surface area contributed by atoms with Gasteiger partial charge in [0.05, 0.1) is 19.1 Å². The van der Waals surface area contributed by atoms with Gasteiger partial charge in [-0.15, -0.1) is 0 Å². The topological polar surface area (TPSA) is 67.6 Å². The molecule has 1 saturated heterocycles. The minimum atomic E-state index is -0.0505. The molecule has 0 spiro atoms. The van der Waals surface area contributed by atoms with Crippen LogP contribution < -0.4 is 11.1 Å². The van der Waals surface area contributed by atoms with E-state index in [0.717, 1.165) is 39.1 Å². The van der Waals surface area contributed by atoms with Crippen LogP contribution in [0, 0.1) is 5.92 Å². The van der Waals surface area contributed by atoms with E-state index in [1.54, 1.807) is 0 Å².